The molecule has 0 aliphatic carbocycles. The summed E-state index contributed by atoms with van der Waals surface area (Å²) in [6, 6.07) is 8.06. The molecule has 0 fully saturated rings. The van der Waals surface area contributed by atoms with Crippen LogP contribution in [-0.2, 0) is 15.6 Å². The van der Waals surface area contributed by atoms with Crippen LogP contribution >= 0.6 is 22.9 Å². The van der Waals surface area contributed by atoms with Crippen LogP contribution < -0.4 is 5.73 Å². The van der Waals surface area contributed by atoms with Crippen LogP contribution in [0.25, 0.3) is 0 Å². The number of hydrogen-bond acceptors (Lipinski definition) is 4. The number of sulfone groups is 1. The van der Waals surface area contributed by atoms with Crippen LogP contribution in [-0.4, -0.2) is 8.42 Å². The summed E-state index contributed by atoms with van der Waals surface area (Å²) in [5.41, 5.74) is 5.97. The molecule has 2 rings (SSSR count). The van der Waals surface area contributed by atoms with Gasteiger partial charge < -0.3 is 5.73 Å². The van der Waals surface area contributed by atoms with E-state index < -0.39 is 9.84 Å². The van der Waals surface area contributed by atoms with Gasteiger partial charge in [0.05, 0.1) is 15.7 Å². The van der Waals surface area contributed by atoms with Gasteiger partial charge in [0, 0.05) is 10.6 Å². The summed E-state index contributed by atoms with van der Waals surface area (Å²) in [4.78, 5) is 0.871. The van der Waals surface area contributed by atoms with Gasteiger partial charge >= 0.3 is 0 Å². The molecule has 0 bridgehead atoms. The van der Waals surface area contributed by atoms with Gasteiger partial charge in [0.1, 0.15) is 0 Å². The summed E-state index contributed by atoms with van der Waals surface area (Å²) in [7, 11) is -3.44. The van der Waals surface area contributed by atoms with Crippen molar-refractivity contribution in [2.75, 3.05) is 5.73 Å². The topological polar surface area (TPSA) is 60.2 Å². The van der Waals surface area contributed by atoms with Gasteiger partial charge in [-0.3, -0.25) is 0 Å². The van der Waals surface area contributed by atoms with Crippen molar-refractivity contribution >= 4 is 38.5 Å². The van der Waals surface area contributed by atoms with Gasteiger partial charge in [0.2, 0.25) is 0 Å². The van der Waals surface area contributed by atoms with Gasteiger partial charge in [0.25, 0.3) is 0 Å². The molecule has 0 aliphatic rings. The second-order valence-corrected chi connectivity index (χ2v) is 6.93. The lowest BCUT2D eigenvalue weighted by Crippen LogP contribution is -2.05. The highest BCUT2D eigenvalue weighted by molar-refractivity contribution is 7.91. The number of benzene rings is 1. The Kier molecular flexibility index (Phi) is 3.42. The van der Waals surface area contributed by atoms with Crippen LogP contribution in [0.2, 0.25) is 5.02 Å². The van der Waals surface area contributed by atoms with Crippen molar-refractivity contribution in [3.05, 3.63) is 45.6 Å². The first-order chi connectivity index (χ1) is 7.99. The molecule has 0 radical (unpaired) electrons. The van der Waals surface area contributed by atoms with E-state index >= 15 is 0 Å². The molecule has 3 nitrogen and oxygen atoms in total. The normalized spacial score (nSPS) is 11.6. The zero-order valence-corrected chi connectivity index (χ0v) is 11.1. The second-order valence-electron chi connectivity index (χ2n) is 3.53. The molecule has 2 N–H and O–H groups in total. The number of rotatable bonds is 3. The Bertz CT molecular complexity index is 621. The van der Waals surface area contributed by atoms with E-state index in [1.54, 1.807) is 12.1 Å². The number of hydrogen-bond donors (Lipinski definition) is 1. The molecule has 0 saturated carbocycles. The van der Waals surface area contributed by atoms with E-state index in [2.05, 4.69) is 0 Å². The molecule has 1 heterocycles. The Balaban J connectivity index is 2.41. The van der Waals surface area contributed by atoms with E-state index in [9.17, 15) is 8.42 Å². The first kappa shape index (κ1) is 12.4. The maximum Gasteiger partial charge on any atom is 0.184 e. The standard InChI is InChI=1S/C11H10ClNO2S2/c12-10-4-3-8(13)6-11(10)17(14,15)7-9-2-1-5-16-9/h1-6H,7,13H2. The lowest BCUT2D eigenvalue weighted by Gasteiger charge is -2.06. The molecule has 1 aromatic carbocycles. The summed E-state index contributed by atoms with van der Waals surface area (Å²) in [6.45, 7) is 0. The Hall–Kier alpha value is -1.04. The highest BCUT2D eigenvalue weighted by Gasteiger charge is 2.19. The third kappa shape index (κ3) is 2.80. The smallest absolute Gasteiger partial charge is 0.184 e. The van der Waals surface area contributed by atoms with Crippen LogP contribution in [0.15, 0.2) is 40.6 Å². The Morgan fingerprint density at radius 3 is 2.71 bits per heavy atom. The van der Waals surface area contributed by atoms with E-state index in [-0.39, 0.29) is 15.7 Å². The Morgan fingerprint density at radius 2 is 2.06 bits per heavy atom. The summed E-state index contributed by atoms with van der Waals surface area (Å²) < 4.78 is 24.3. The zero-order chi connectivity index (χ0) is 12.5. The van der Waals surface area contributed by atoms with Gasteiger partial charge in [-0.2, -0.15) is 0 Å². The van der Waals surface area contributed by atoms with Crippen LogP contribution in [0, 0.1) is 0 Å². The molecule has 17 heavy (non-hydrogen) atoms. The molecule has 0 amide bonds. The molecular weight excluding hydrogens is 278 g/mol. The summed E-state index contributed by atoms with van der Waals surface area (Å²) >= 11 is 7.29. The molecule has 1 aromatic heterocycles. The monoisotopic (exact) mass is 287 g/mol. The fraction of sp³-hybridized carbons (Fsp3) is 0.0909. The predicted molar refractivity (Wildman–Crippen MR) is 71.1 cm³/mol. The number of halogens is 1. The molecular formula is C11H10ClNO2S2. The molecule has 6 heteroatoms. The Labute approximate surface area is 109 Å². The summed E-state index contributed by atoms with van der Waals surface area (Å²) in [6.07, 6.45) is 0. The molecule has 0 atom stereocenters. The predicted octanol–water partition coefficient (Wildman–Crippen LogP) is 2.96. The van der Waals surface area contributed by atoms with Crippen LogP contribution in [0.4, 0.5) is 5.69 Å². The second kappa shape index (κ2) is 4.68. The first-order valence-corrected chi connectivity index (χ1v) is 7.70. The summed E-state index contributed by atoms with van der Waals surface area (Å²) in [5.74, 6) is -0.0478. The largest absolute Gasteiger partial charge is 0.399 e. The van der Waals surface area contributed by atoms with E-state index in [4.69, 9.17) is 17.3 Å². The Morgan fingerprint density at radius 1 is 1.29 bits per heavy atom. The van der Waals surface area contributed by atoms with Gasteiger partial charge in [-0.1, -0.05) is 17.7 Å². The number of nitrogens with two attached hydrogens (primary N) is 1. The van der Waals surface area contributed by atoms with Crippen molar-refractivity contribution in [3.63, 3.8) is 0 Å². The third-order valence-corrected chi connectivity index (χ3v) is 5.40. The minimum atomic E-state index is -3.44. The molecule has 2 aromatic rings. The van der Waals surface area contributed by atoms with E-state index in [0.29, 0.717) is 5.69 Å². The number of anilines is 1. The van der Waals surface area contributed by atoms with Gasteiger partial charge in [-0.05, 0) is 29.6 Å². The molecule has 0 unspecified atom stereocenters. The number of thiophene rings is 1. The van der Waals surface area contributed by atoms with Crippen molar-refractivity contribution in [3.8, 4) is 0 Å². The minimum absolute atomic E-state index is 0.0478. The highest BCUT2D eigenvalue weighted by atomic mass is 35.5. The lowest BCUT2D eigenvalue weighted by molar-refractivity contribution is 0.596. The average molecular weight is 288 g/mol. The van der Waals surface area contributed by atoms with Crippen LogP contribution in [0.5, 0.6) is 0 Å². The van der Waals surface area contributed by atoms with Gasteiger partial charge in [0.15, 0.2) is 9.84 Å². The molecule has 0 aliphatic heterocycles. The molecule has 0 saturated heterocycles. The van der Waals surface area contributed by atoms with Gasteiger partial charge in [-0.15, -0.1) is 11.3 Å². The summed E-state index contributed by atoms with van der Waals surface area (Å²) in [5, 5.41) is 2.04. The van der Waals surface area contributed by atoms with E-state index in [1.807, 2.05) is 11.4 Å². The van der Waals surface area contributed by atoms with Crippen LogP contribution in [0.1, 0.15) is 4.88 Å². The van der Waals surface area contributed by atoms with E-state index in [0.717, 1.165) is 4.88 Å². The maximum absolute atomic E-state index is 12.1. The fourth-order valence-electron chi connectivity index (χ4n) is 1.42. The average Bonchev–Trinajstić information content (AvgIpc) is 2.73. The fourth-order valence-corrected chi connectivity index (χ4v) is 4.42. The quantitative estimate of drug-likeness (QED) is 0.883. The zero-order valence-electron chi connectivity index (χ0n) is 8.76. The maximum atomic E-state index is 12.1. The van der Waals surface area contributed by atoms with Gasteiger partial charge in [-0.25, -0.2) is 8.42 Å². The van der Waals surface area contributed by atoms with Crippen LogP contribution in [0.3, 0.4) is 0 Å². The molecule has 90 valence electrons. The lowest BCUT2D eigenvalue weighted by atomic mass is 10.3. The number of nitrogen functional groups attached to an aromatic ring is 1. The van der Waals surface area contributed by atoms with E-state index in [1.165, 1.54) is 23.5 Å². The third-order valence-electron chi connectivity index (χ3n) is 2.20. The first-order valence-electron chi connectivity index (χ1n) is 4.79. The SMILES string of the molecule is Nc1ccc(Cl)c(S(=O)(=O)Cc2cccs2)c1. The van der Waals surface area contributed by atoms with Crippen molar-refractivity contribution in [2.45, 2.75) is 10.6 Å². The van der Waals surface area contributed by atoms with Crippen molar-refractivity contribution in [2.24, 2.45) is 0 Å². The minimum Gasteiger partial charge on any atom is -0.399 e. The van der Waals surface area contributed by atoms with Crippen molar-refractivity contribution < 1.29 is 8.42 Å². The molecule has 0 spiro atoms. The van der Waals surface area contributed by atoms with Crippen molar-refractivity contribution in [1.29, 1.82) is 0 Å². The highest BCUT2D eigenvalue weighted by Crippen LogP contribution is 2.27. The van der Waals surface area contributed by atoms with Crippen molar-refractivity contribution in [1.82, 2.24) is 0 Å².